The van der Waals surface area contributed by atoms with E-state index in [1.54, 1.807) is 67.8 Å². The normalized spacial score (nSPS) is 16.6. The summed E-state index contributed by atoms with van der Waals surface area (Å²) >= 11 is 1.27. The third-order valence-electron chi connectivity index (χ3n) is 6.32. The fourth-order valence-electron chi connectivity index (χ4n) is 4.49. The van der Waals surface area contributed by atoms with Crippen LogP contribution in [-0.4, -0.2) is 42.1 Å². The van der Waals surface area contributed by atoms with E-state index in [0.717, 1.165) is 11.1 Å². The van der Waals surface area contributed by atoms with Crippen molar-refractivity contribution in [2.24, 2.45) is 0 Å². The van der Waals surface area contributed by atoms with Gasteiger partial charge in [-0.15, -0.1) is 0 Å². The van der Waals surface area contributed by atoms with E-state index in [1.165, 1.54) is 16.2 Å². The molecule has 3 aromatic carbocycles. The van der Waals surface area contributed by atoms with E-state index >= 15 is 0 Å². The Morgan fingerprint density at radius 3 is 2.46 bits per heavy atom. The van der Waals surface area contributed by atoms with Gasteiger partial charge in [-0.3, -0.25) is 14.5 Å². The van der Waals surface area contributed by atoms with E-state index in [0.29, 0.717) is 52.2 Å². The van der Waals surface area contributed by atoms with Crippen molar-refractivity contribution in [1.82, 2.24) is 4.98 Å². The number of methoxy groups -OCH3 is 1. The van der Waals surface area contributed by atoms with Gasteiger partial charge in [0.15, 0.2) is 5.13 Å². The number of Topliss-reactive ketones (excluding diaryl/α,β-unsaturated/α-hetero) is 1. The number of aliphatic hydroxyl groups is 1. The molecule has 5 rings (SSSR count). The highest BCUT2D eigenvalue weighted by atomic mass is 32.1. The first-order valence-corrected chi connectivity index (χ1v) is 13.5. The monoisotopic (exact) mass is 544 g/mol. The first-order chi connectivity index (χ1) is 18.9. The highest BCUT2D eigenvalue weighted by Crippen LogP contribution is 2.45. The number of rotatable bonds is 9. The van der Waals surface area contributed by atoms with Crippen LogP contribution in [-0.2, 0) is 9.59 Å². The van der Waals surface area contributed by atoms with Crippen LogP contribution in [0.3, 0.4) is 0 Å². The second-order valence-electron chi connectivity index (χ2n) is 8.88. The summed E-state index contributed by atoms with van der Waals surface area (Å²) in [4.78, 5) is 33.1. The van der Waals surface area contributed by atoms with Gasteiger partial charge < -0.3 is 19.3 Å². The molecule has 0 aliphatic carbocycles. The molecule has 4 aromatic rings. The molecule has 1 aromatic heterocycles. The highest BCUT2D eigenvalue weighted by Gasteiger charge is 2.48. The molecule has 200 valence electrons. The molecule has 1 unspecified atom stereocenters. The Hall–Kier alpha value is -4.37. The number of ketones is 1. The SMILES string of the molecule is CCCOc1cccc(/C(O)=C2\C(=O)C(=O)N(c3nc4ccc(OC)cc4s3)C2c2ccc(OCC)cc2)c1. The predicted octanol–water partition coefficient (Wildman–Crippen LogP) is 6.12. The largest absolute Gasteiger partial charge is 0.507 e. The quantitative estimate of drug-likeness (QED) is 0.154. The lowest BCUT2D eigenvalue weighted by Crippen LogP contribution is -2.29. The van der Waals surface area contributed by atoms with Gasteiger partial charge in [-0.2, -0.15) is 0 Å². The summed E-state index contributed by atoms with van der Waals surface area (Å²) in [6.45, 7) is 4.91. The molecule has 0 bridgehead atoms. The number of aliphatic hydroxyl groups excluding tert-OH is 1. The number of ether oxygens (including phenoxy) is 3. The van der Waals surface area contributed by atoms with Crippen molar-refractivity contribution < 1.29 is 28.9 Å². The van der Waals surface area contributed by atoms with Crippen LogP contribution < -0.4 is 19.1 Å². The van der Waals surface area contributed by atoms with E-state index in [2.05, 4.69) is 4.98 Å². The van der Waals surface area contributed by atoms with Gasteiger partial charge in [0.2, 0.25) is 0 Å². The number of amides is 1. The number of hydrogen-bond donors (Lipinski definition) is 1. The fraction of sp³-hybridized carbons (Fsp3) is 0.233. The maximum Gasteiger partial charge on any atom is 0.301 e. The topological polar surface area (TPSA) is 98.2 Å². The van der Waals surface area contributed by atoms with E-state index in [9.17, 15) is 14.7 Å². The molecule has 0 saturated carbocycles. The first-order valence-electron chi connectivity index (χ1n) is 12.7. The van der Waals surface area contributed by atoms with Gasteiger partial charge >= 0.3 is 5.91 Å². The van der Waals surface area contributed by atoms with Crippen molar-refractivity contribution in [3.8, 4) is 17.2 Å². The number of aromatic nitrogens is 1. The summed E-state index contributed by atoms with van der Waals surface area (Å²) in [5.41, 5.74) is 1.67. The molecule has 1 atom stereocenters. The standard InChI is InChI=1S/C30H28N2O6S/c1-4-15-38-22-8-6-7-19(16-22)27(33)25-26(18-9-11-20(12-10-18)37-5-2)32(29(35)28(25)34)30-31-23-14-13-21(36-3)17-24(23)39-30/h6-14,16-17,26,33H,4-5,15H2,1-3H3/b27-25+. The summed E-state index contributed by atoms with van der Waals surface area (Å²) in [6.07, 6.45) is 0.826. The number of fused-ring (bicyclic) bond motifs is 1. The molecule has 8 nitrogen and oxygen atoms in total. The minimum absolute atomic E-state index is 0.0198. The Labute approximate surface area is 230 Å². The minimum Gasteiger partial charge on any atom is -0.507 e. The zero-order chi connectivity index (χ0) is 27.5. The summed E-state index contributed by atoms with van der Waals surface area (Å²) in [5, 5.41) is 11.8. The van der Waals surface area contributed by atoms with Crippen LogP contribution in [0.15, 0.2) is 72.3 Å². The molecular formula is C30H28N2O6S. The number of thiazole rings is 1. The summed E-state index contributed by atoms with van der Waals surface area (Å²) < 4.78 is 17.4. The highest BCUT2D eigenvalue weighted by molar-refractivity contribution is 7.22. The third kappa shape index (κ3) is 5.05. The Morgan fingerprint density at radius 1 is 0.974 bits per heavy atom. The number of anilines is 1. The van der Waals surface area contributed by atoms with E-state index < -0.39 is 17.7 Å². The molecule has 1 aliphatic rings. The molecule has 1 saturated heterocycles. The van der Waals surface area contributed by atoms with Gasteiger partial charge in [-0.1, -0.05) is 42.5 Å². The average Bonchev–Trinajstić information content (AvgIpc) is 3.49. The van der Waals surface area contributed by atoms with Crippen molar-refractivity contribution in [3.63, 3.8) is 0 Å². The van der Waals surface area contributed by atoms with Gasteiger partial charge in [0.1, 0.15) is 23.0 Å². The molecule has 39 heavy (non-hydrogen) atoms. The van der Waals surface area contributed by atoms with Gasteiger partial charge in [0.25, 0.3) is 5.78 Å². The van der Waals surface area contributed by atoms with Gasteiger partial charge in [-0.25, -0.2) is 4.98 Å². The number of nitrogens with zero attached hydrogens (tertiary/aromatic N) is 2. The second-order valence-corrected chi connectivity index (χ2v) is 9.89. The Kier molecular flexibility index (Phi) is 7.51. The summed E-state index contributed by atoms with van der Waals surface area (Å²) in [5.74, 6) is 0.0503. The van der Waals surface area contributed by atoms with Crippen LogP contribution in [0, 0.1) is 0 Å². The zero-order valence-corrected chi connectivity index (χ0v) is 22.7. The number of benzene rings is 3. The molecule has 1 amide bonds. The molecule has 9 heteroatoms. The van der Waals surface area contributed by atoms with E-state index in [-0.39, 0.29) is 11.3 Å². The summed E-state index contributed by atoms with van der Waals surface area (Å²) in [6, 6.07) is 18.5. The molecule has 0 radical (unpaired) electrons. The molecule has 1 fully saturated rings. The first kappa shape index (κ1) is 26.2. The van der Waals surface area contributed by atoms with Crippen LogP contribution in [0.4, 0.5) is 5.13 Å². The number of carbonyl (C=O) groups excluding carboxylic acids is 2. The molecule has 2 heterocycles. The van der Waals surface area contributed by atoms with Crippen molar-refractivity contribution in [2.45, 2.75) is 26.3 Å². The van der Waals surface area contributed by atoms with Crippen LogP contribution in [0.5, 0.6) is 17.2 Å². The lowest BCUT2D eigenvalue weighted by molar-refractivity contribution is -0.132. The van der Waals surface area contributed by atoms with E-state index in [4.69, 9.17) is 14.2 Å². The molecule has 0 spiro atoms. The predicted molar refractivity (Wildman–Crippen MR) is 151 cm³/mol. The van der Waals surface area contributed by atoms with Crippen LogP contribution >= 0.6 is 11.3 Å². The Bertz CT molecular complexity index is 1560. The third-order valence-corrected chi connectivity index (χ3v) is 7.34. The van der Waals surface area contributed by atoms with Crippen molar-refractivity contribution >= 4 is 44.1 Å². The minimum atomic E-state index is -0.900. The Morgan fingerprint density at radius 2 is 1.74 bits per heavy atom. The molecule has 1 aliphatic heterocycles. The number of hydrogen-bond acceptors (Lipinski definition) is 8. The maximum absolute atomic E-state index is 13.5. The van der Waals surface area contributed by atoms with Gasteiger partial charge in [0, 0.05) is 5.56 Å². The van der Waals surface area contributed by atoms with Crippen LogP contribution in [0.25, 0.3) is 16.0 Å². The number of carbonyl (C=O) groups is 2. The maximum atomic E-state index is 13.5. The zero-order valence-electron chi connectivity index (χ0n) is 21.8. The van der Waals surface area contributed by atoms with Crippen molar-refractivity contribution in [3.05, 3.63) is 83.4 Å². The smallest absolute Gasteiger partial charge is 0.301 e. The van der Waals surface area contributed by atoms with Crippen molar-refractivity contribution in [2.75, 3.05) is 25.2 Å². The summed E-state index contributed by atoms with van der Waals surface area (Å²) in [7, 11) is 1.58. The lowest BCUT2D eigenvalue weighted by atomic mass is 9.95. The van der Waals surface area contributed by atoms with Crippen LogP contribution in [0.2, 0.25) is 0 Å². The van der Waals surface area contributed by atoms with Gasteiger partial charge in [0.05, 0.1) is 42.2 Å². The van der Waals surface area contributed by atoms with Gasteiger partial charge in [-0.05, 0) is 61.4 Å². The lowest BCUT2D eigenvalue weighted by Gasteiger charge is -2.23. The van der Waals surface area contributed by atoms with Crippen LogP contribution in [0.1, 0.15) is 37.4 Å². The average molecular weight is 545 g/mol. The van der Waals surface area contributed by atoms with Crippen molar-refractivity contribution in [1.29, 1.82) is 0 Å². The molecular weight excluding hydrogens is 516 g/mol. The second kappa shape index (κ2) is 11.2. The molecule has 1 N–H and O–H groups in total. The Balaban J connectivity index is 1.66. The fourth-order valence-corrected chi connectivity index (χ4v) is 5.51. The van der Waals surface area contributed by atoms with E-state index in [1.807, 2.05) is 19.9 Å².